The molecule has 0 aliphatic carbocycles. The van der Waals surface area contributed by atoms with Gasteiger partial charge in [0.15, 0.2) is 0 Å². The summed E-state index contributed by atoms with van der Waals surface area (Å²) in [6, 6.07) is 2.85. The Balaban J connectivity index is 2.88. The Morgan fingerprint density at radius 3 is 2.68 bits per heavy atom. The summed E-state index contributed by atoms with van der Waals surface area (Å²) in [5, 5.41) is 10.9. The lowest BCUT2D eigenvalue weighted by atomic mass is 10.1. The van der Waals surface area contributed by atoms with E-state index in [4.69, 9.17) is 16.7 Å². The lowest BCUT2D eigenvalue weighted by molar-refractivity contribution is -0.137. The number of aliphatic hydroxyl groups is 1. The molecule has 0 aliphatic heterocycles. The van der Waals surface area contributed by atoms with Crippen LogP contribution in [0.3, 0.4) is 0 Å². The molecule has 0 aromatic heterocycles. The summed E-state index contributed by atoms with van der Waals surface area (Å²) in [6.45, 7) is -0.149. The zero-order chi connectivity index (χ0) is 14.5. The molecule has 0 bridgehead atoms. The Labute approximate surface area is 112 Å². The number of rotatable bonds is 4. The molecule has 104 valence electrons. The van der Waals surface area contributed by atoms with Crippen LogP contribution in [0.25, 0.3) is 6.08 Å². The lowest BCUT2D eigenvalue weighted by Crippen LogP contribution is -2.24. The second-order valence-corrected chi connectivity index (χ2v) is 3.99. The molecule has 2 N–H and O–H groups in total. The number of benzene rings is 1. The summed E-state index contributed by atoms with van der Waals surface area (Å²) in [7, 11) is 0. The molecule has 1 rings (SSSR count). The molecule has 1 aromatic carbocycles. The normalized spacial score (nSPS) is 11.8. The third kappa shape index (κ3) is 4.92. The van der Waals surface area contributed by atoms with Gasteiger partial charge < -0.3 is 10.4 Å². The fourth-order valence-corrected chi connectivity index (χ4v) is 1.43. The number of carbonyl (C=O) groups is 1. The van der Waals surface area contributed by atoms with Crippen molar-refractivity contribution in [1.29, 1.82) is 0 Å². The van der Waals surface area contributed by atoms with Crippen LogP contribution in [0.5, 0.6) is 0 Å². The van der Waals surface area contributed by atoms with Gasteiger partial charge in [-0.25, -0.2) is 0 Å². The molecule has 7 heteroatoms. The van der Waals surface area contributed by atoms with E-state index >= 15 is 0 Å². The number of carbonyl (C=O) groups excluding carboxylic acids is 1. The SMILES string of the molecule is O=C(/C=C/c1cc(C(F)(F)F)ccc1Cl)NCCO. The van der Waals surface area contributed by atoms with Crippen LogP contribution < -0.4 is 5.32 Å². The number of hydrogen-bond donors (Lipinski definition) is 2. The molecular formula is C12H11ClF3NO2. The molecule has 0 saturated heterocycles. The Bertz CT molecular complexity index is 486. The molecule has 19 heavy (non-hydrogen) atoms. The largest absolute Gasteiger partial charge is 0.416 e. The van der Waals surface area contributed by atoms with Gasteiger partial charge in [-0.2, -0.15) is 13.2 Å². The zero-order valence-electron chi connectivity index (χ0n) is 9.67. The van der Waals surface area contributed by atoms with Gasteiger partial charge in [0.05, 0.1) is 12.2 Å². The maximum atomic E-state index is 12.5. The number of hydrogen-bond acceptors (Lipinski definition) is 2. The van der Waals surface area contributed by atoms with Crippen LogP contribution in [0.1, 0.15) is 11.1 Å². The Hall–Kier alpha value is -1.53. The summed E-state index contributed by atoms with van der Waals surface area (Å²) in [5.41, 5.74) is -0.747. The van der Waals surface area contributed by atoms with E-state index < -0.39 is 17.6 Å². The van der Waals surface area contributed by atoms with Crippen molar-refractivity contribution in [3.63, 3.8) is 0 Å². The van der Waals surface area contributed by atoms with E-state index in [0.717, 1.165) is 24.3 Å². The minimum Gasteiger partial charge on any atom is -0.395 e. The molecule has 3 nitrogen and oxygen atoms in total. The minimum atomic E-state index is -4.47. The number of nitrogens with one attached hydrogen (secondary N) is 1. The Morgan fingerprint density at radius 2 is 2.11 bits per heavy atom. The molecular weight excluding hydrogens is 283 g/mol. The van der Waals surface area contributed by atoms with E-state index in [-0.39, 0.29) is 23.7 Å². The first-order valence-corrected chi connectivity index (χ1v) is 5.66. The van der Waals surface area contributed by atoms with E-state index in [1.807, 2.05) is 0 Å². The van der Waals surface area contributed by atoms with Gasteiger partial charge in [-0.05, 0) is 29.8 Å². The second kappa shape index (κ2) is 6.58. The van der Waals surface area contributed by atoms with Crippen LogP contribution >= 0.6 is 11.6 Å². The van der Waals surface area contributed by atoms with Crippen LogP contribution in [0.2, 0.25) is 5.02 Å². The number of amides is 1. The van der Waals surface area contributed by atoms with Crippen molar-refractivity contribution >= 4 is 23.6 Å². The van der Waals surface area contributed by atoms with Gasteiger partial charge in [-0.15, -0.1) is 0 Å². The number of halogens is 4. The Kier molecular flexibility index (Phi) is 5.38. The summed E-state index contributed by atoms with van der Waals surface area (Å²) in [6.07, 6.45) is -2.23. The highest BCUT2D eigenvalue weighted by molar-refractivity contribution is 6.32. The van der Waals surface area contributed by atoms with E-state index in [2.05, 4.69) is 5.32 Å². The molecule has 0 heterocycles. The third-order valence-corrected chi connectivity index (χ3v) is 2.49. The fraction of sp³-hybridized carbons (Fsp3) is 0.250. The monoisotopic (exact) mass is 293 g/mol. The lowest BCUT2D eigenvalue weighted by Gasteiger charge is -2.08. The summed E-state index contributed by atoms with van der Waals surface area (Å²) < 4.78 is 37.5. The molecule has 0 atom stereocenters. The predicted molar refractivity (Wildman–Crippen MR) is 65.6 cm³/mol. The first kappa shape index (κ1) is 15.5. The maximum Gasteiger partial charge on any atom is 0.416 e. The predicted octanol–water partition coefficient (Wildman–Crippen LogP) is 2.48. The summed E-state index contributed by atoms with van der Waals surface area (Å²) >= 11 is 5.74. The average Bonchev–Trinajstić information content (AvgIpc) is 2.33. The van der Waals surface area contributed by atoms with Crippen molar-refractivity contribution in [2.75, 3.05) is 13.2 Å². The molecule has 0 saturated carbocycles. The van der Waals surface area contributed by atoms with Crippen LogP contribution in [0, 0.1) is 0 Å². The van der Waals surface area contributed by atoms with Gasteiger partial charge in [-0.1, -0.05) is 11.6 Å². The van der Waals surface area contributed by atoms with Crippen molar-refractivity contribution in [2.45, 2.75) is 6.18 Å². The highest BCUT2D eigenvalue weighted by atomic mass is 35.5. The van der Waals surface area contributed by atoms with Crippen molar-refractivity contribution in [1.82, 2.24) is 5.32 Å². The van der Waals surface area contributed by atoms with Crippen molar-refractivity contribution < 1.29 is 23.1 Å². The van der Waals surface area contributed by atoms with Crippen LogP contribution in [-0.2, 0) is 11.0 Å². The van der Waals surface area contributed by atoms with Crippen LogP contribution in [-0.4, -0.2) is 24.2 Å². The van der Waals surface area contributed by atoms with E-state index in [0.29, 0.717) is 0 Å². The number of alkyl halides is 3. The second-order valence-electron chi connectivity index (χ2n) is 3.58. The van der Waals surface area contributed by atoms with Crippen LogP contribution in [0.4, 0.5) is 13.2 Å². The van der Waals surface area contributed by atoms with Crippen molar-refractivity contribution in [2.24, 2.45) is 0 Å². The summed E-state index contributed by atoms with van der Waals surface area (Å²) in [5.74, 6) is -0.525. The highest BCUT2D eigenvalue weighted by Gasteiger charge is 2.30. The fourth-order valence-electron chi connectivity index (χ4n) is 1.25. The van der Waals surface area contributed by atoms with Crippen LogP contribution in [0.15, 0.2) is 24.3 Å². The van der Waals surface area contributed by atoms with E-state index in [9.17, 15) is 18.0 Å². The molecule has 0 spiro atoms. The van der Waals surface area contributed by atoms with E-state index in [1.54, 1.807) is 0 Å². The molecule has 0 unspecified atom stereocenters. The van der Waals surface area contributed by atoms with Crippen molar-refractivity contribution in [3.8, 4) is 0 Å². The van der Waals surface area contributed by atoms with Gasteiger partial charge in [0.1, 0.15) is 0 Å². The molecule has 0 fully saturated rings. The van der Waals surface area contributed by atoms with Gasteiger partial charge in [-0.3, -0.25) is 4.79 Å². The number of aliphatic hydroxyl groups excluding tert-OH is 1. The maximum absolute atomic E-state index is 12.5. The first-order chi connectivity index (χ1) is 8.84. The molecule has 1 amide bonds. The quantitative estimate of drug-likeness (QED) is 0.838. The zero-order valence-corrected chi connectivity index (χ0v) is 10.4. The smallest absolute Gasteiger partial charge is 0.395 e. The van der Waals surface area contributed by atoms with E-state index in [1.165, 1.54) is 6.08 Å². The summed E-state index contributed by atoms with van der Waals surface area (Å²) in [4.78, 5) is 11.2. The van der Waals surface area contributed by atoms with Gasteiger partial charge in [0.2, 0.25) is 5.91 Å². The molecule has 1 aromatic rings. The van der Waals surface area contributed by atoms with Gasteiger partial charge >= 0.3 is 6.18 Å². The first-order valence-electron chi connectivity index (χ1n) is 5.28. The average molecular weight is 294 g/mol. The molecule has 0 radical (unpaired) electrons. The minimum absolute atomic E-state index is 0.0689. The highest BCUT2D eigenvalue weighted by Crippen LogP contribution is 2.32. The molecule has 0 aliphatic rings. The van der Waals surface area contributed by atoms with Crippen molar-refractivity contribution in [3.05, 3.63) is 40.4 Å². The topological polar surface area (TPSA) is 49.3 Å². The van der Waals surface area contributed by atoms with Gasteiger partial charge in [0.25, 0.3) is 0 Å². The standard InChI is InChI=1S/C12H11ClF3NO2/c13-10-3-2-9(12(14,15)16)7-8(10)1-4-11(19)17-5-6-18/h1-4,7,18H,5-6H2,(H,17,19)/b4-1+. The van der Waals surface area contributed by atoms with Gasteiger partial charge in [0, 0.05) is 17.6 Å². The third-order valence-electron chi connectivity index (χ3n) is 2.15. The Morgan fingerprint density at radius 1 is 1.42 bits per heavy atom.